The van der Waals surface area contributed by atoms with Gasteiger partial charge in [-0.05, 0) is 50.9 Å². The van der Waals surface area contributed by atoms with E-state index in [1.54, 1.807) is 0 Å². The number of likely N-dealkylation sites (N-methyl/N-ethyl adjacent to an activating group) is 1. The second-order valence-electron chi connectivity index (χ2n) is 6.71. The van der Waals surface area contributed by atoms with Crippen molar-refractivity contribution in [2.45, 2.75) is 50.6 Å². The molecular weight excluding hydrogens is 326 g/mol. The minimum Gasteiger partial charge on any atom is -0.302 e. The summed E-state index contributed by atoms with van der Waals surface area (Å²) in [4.78, 5) is 2.39. The van der Waals surface area contributed by atoms with E-state index in [0.29, 0.717) is 0 Å². The second-order valence-corrected chi connectivity index (χ2v) is 7.57. The molecule has 2 rings (SSSR count). The van der Waals surface area contributed by atoms with Crippen molar-refractivity contribution in [3.05, 3.63) is 34.3 Å². The van der Waals surface area contributed by atoms with Crippen molar-refractivity contribution >= 4 is 15.9 Å². The lowest BCUT2D eigenvalue weighted by Gasteiger charge is -2.50. The highest BCUT2D eigenvalue weighted by molar-refractivity contribution is 9.10. The molecule has 3 N–H and O–H groups in total. The lowest BCUT2D eigenvalue weighted by atomic mass is 9.70. The van der Waals surface area contributed by atoms with E-state index in [4.69, 9.17) is 5.84 Å². The first-order valence-corrected chi connectivity index (χ1v) is 8.66. The zero-order valence-electron chi connectivity index (χ0n) is 13.4. The van der Waals surface area contributed by atoms with Crippen molar-refractivity contribution in [2.75, 3.05) is 14.1 Å². The number of hydrogen-bond acceptors (Lipinski definition) is 3. The normalized spacial score (nSPS) is 27.8. The minimum absolute atomic E-state index is 0.141. The summed E-state index contributed by atoms with van der Waals surface area (Å²) in [6.07, 6.45) is 5.99. The molecule has 1 aromatic carbocycles. The van der Waals surface area contributed by atoms with Crippen LogP contribution in [0.15, 0.2) is 28.7 Å². The maximum atomic E-state index is 5.98. The van der Waals surface area contributed by atoms with E-state index < -0.39 is 0 Å². The fraction of sp³-hybridized carbons (Fsp3) is 0.647. The highest BCUT2D eigenvalue weighted by Gasteiger charge is 2.43. The molecule has 3 atom stereocenters. The monoisotopic (exact) mass is 353 g/mol. The van der Waals surface area contributed by atoms with Gasteiger partial charge in [0.15, 0.2) is 0 Å². The molecule has 1 aliphatic carbocycles. The van der Waals surface area contributed by atoms with Gasteiger partial charge in [-0.15, -0.1) is 0 Å². The zero-order chi connectivity index (χ0) is 15.5. The third-order valence-electron chi connectivity index (χ3n) is 5.13. The third-order valence-corrected chi connectivity index (χ3v) is 5.90. The maximum absolute atomic E-state index is 5.98. The summed E-state index contributed by atoms with van der Waals surface area (Å²) in [5.41, 5.74) is 4.59. The van der Waals surface area contributed by atoms with Crippen LogP contribution in [-0.4, -0.2) is 30.6 Å². The van der Waals surface area contributed by atoms with E-state index in [0.717, 1.165) is 12.3 Å². The molecule has 1 aromatic rings. The molecule has 0 heterocycles. The molecule has 1 aliphatic rings. The van der Waals surface area contributed by atoms with Crippen LogP contribution in [0.5, 0.6) is 0 Å². The number of nitrogens with zero attached hydrogens (tertiary/aromatic N) is 1. The molecule has 4 heteroatoms. The van der Waals surface area contributed by atoms with Gasteiger partial charge < -0.3 is 4.90 Å². The molecule has 0 aliphatic heterocycles. The van der Waals surface area contributed by atoms with Crippen molar-refractivity contribution in [1.29, 1.82) is 0 Å². The minimum atomic E-state index is 0.141. The molecule has 3 unspecified atom stereocenters. The van der Waals surface area contributed by atoms with E-state index in [2.05, 4.69) is 71.5 Å². The topological polar surface area (TPSA) is 41.3 Å². The van der Waals surface area contributed by atoms with Crippen LogP contribution in [0, 0.1) is 5.92 Å². The number of rotatable bonds is 5. The molecule has 0 spiro atoms. The first-order valence-electron chi connectivity index (χ1n) is 7.86. The Labute approximate surface area is 137 Å². The van der Waals surface area contributed by atoms with E-state index in [1.807, 2.05) is 0 Å². The van der Waals surface area contributed by atoms with Crippen molar-refractivity contribution in [3.63, 3.8) is 0 Å². The number of hydrazine groups is 1. The van der Waals surface area contributed by atoms with Crippen LogP contribution in [0.4, 0.5) is 0 Å². The maximum Gasteiger partial charge on any atom is 0.0435 e. The molecule has 0 amide bonds. The van der Waals surface area contributed by atoms with Crippen molar-refractivity contribution in [2.24, 2.45) is 11.8 Å². The molecule has 0 bridgehead atoms. The van der Waals surface area contributed by atoms with Crippen LogP contribution in [0.1, 0.15) is 38.2 Å². The fourth-order valence-electron chi connectivity index (χ4n) is 3.89. The largest absolute Gasteiger partial charge is 0.302 e. The third kappa shape index (κ3) is 3.67. The average molecular weight is 354 g/mol. The van der Waals surface area contributed by atoms with Gasteiger partial charge in [0.2, 0.25) is 0 Å². The number of benzene rings is 1. The summed E-state index contributed by atoms with van der Waals surface area (Å²) in [5.74, 6) is 6.74. The van der Waals surface area contributed by atoms with Crippen LogP contribution >= 0.6 is 15.9 Å². The van der Waals surface area contributed by atoms with Crippen LogP contribution in [0.25, 0.3) is 0 Å². The Morgan fingerprint density at radius 2 is 2.14 bits per heavy atom. The van der Waals surface area contributed by atoms with Gasteiger partial charge in [-0.3, -0.25) is 11.3 Å². The Bertz CT molecular complexity index is 463. The van der Waals surface area contributed by atoms with E-state index in [9.17, 15) is 0 Å². The molecule has 1 fully saturated rings. The summed E-state index contributed by atoms with van der Waals surface area (Å²) in [6, 6.07) is 8.70. The van der Waals surface area contributed by atoms with Gasteiger partial charge in [0, 0.05) is 16.1 Å². The highest BCUT2D eigenvalue weighted by atomic mass is 79.9. The van der Waals surface area contributed by atoms with Crippen LogP contribution in [0.2, 0.25) is 0 Å². The molecule has 3 nitrogen and oxygen atoms in total. The molecular formula is C17H28BrN3. The zero-order valence-corrected chi connectivity index (χ0v) is 15.0. The first kappa shape index (κ1) is 16.9. The number of nitrogens with two attached hydrogens (primary N) is 1. The number of hydrogen-bond donors (Lipinski definition) is 2. The van der Waals surface area contributed by atoms with Gasteiger partial charge in [0.1, 0.15) is 0 Å². The molecule has 21 heavy (non-hydrogen) atoms. The number of nitrogens with one attached hydrogen (secondary N) is 1. The average Bonchev–Trinajstić information content (AvgIpc) is 2.46. The van der Waals surface area contributed by atoms with Gasteiger partial charge in [0.05, 0.1) is 0 Å². The van der Waals surface area contributed by atoms with Gasteiger partial charge in [-0.1, -0.05) is 53.9 Å². The molecule has 118 valence electrons. The first-order chi connectivity index (χ1) is 9.99. The summed E-state index contributed by atoms with van der Waals surface area (Å²) in [7, 11) is 4.39. The van der Waals surface area contributed by atoms with Gasteiger partial charge in [0.25, 0.3) is 0 Å². The summed E-state index contributed by atoms with van der Waals surface area (Å²) in [6.45, 7) is 2.36. The fourth-order valence-corrected chi connectivity index (χ4v) is 4.33. The summed E-state index contributed by atoms with van der Waals surface area (Å²) < 4.78 is 1.17. The highest BCUT2D eigenvalue weighted by Crippen LogP contribution is 2.39. The lowest BCUT2D eigenvalue weighted by molar-refractivity contribution is 0.0372. The van der Waals surface area contributed by atoms with E-state index >= 15 is 0 Å². The smallest absolute Gasteiger partial charge is 0.0435 e. The van der Waals surface area contributed by atoms with Crippen molar-refractivity contribution in [3.8, 4) is 0 Å². The summed E-state index contributed by atoms with van der Waals surface area (Å²) >= 11 is 3.66. The Morgan fingerprint density at radius 3 is 2.71 bits per heavy atom. The Balaban J connectivity index is 2.26. The Morgan fingerprint density at radius 1 is 1.43 bits per heavy atom. The predicted octanol–water partition coefficient (Wildman–Crippen LogP) is 3.33. The Hall–Kier alpha value is -0.420. The predicted molar refractivity (Wildman–Crippen MR) is 93.0 cm³/mol. The van der Waals surface area contributed by atoms with E-state index in [-0.39, 0.29) is 11.6 Å². The van der Waals surface area contributed by atoms with Gasteiger partial charge >= 0.3 is 0 Å². The van der Waals surface area contributed by atoms with Gasteiger partial charge in [-0.25, -0.2) is 0 Å². The Kier molecular flexibility index (Phi) is 5.83. The van der Waals surface area contributed by atoms with Crippen molar-refractivity contribution in [1.82, 2.24) is 10.3 Å². The quantitative estimate of drug-likeness (QED) is 0.630. The molecule has 0 aromatic heterocycles. The van der Waals surface area contributed by atoms with Crippen LogP contribution in [-0.2, 0) is 6.42 Å². The van der Waals surface area contributed by atoms with Gasteiger partial charge in [-0.2, -0.15) is 0 Å². The molecule has 0 radical (unpaired) electrons. The van der Waals surface area contributed by atoms with Crippen LogP contribution < -0.4 is 11.3 Å². The number of halogens is 1. The second kappa shape index (κ2) is 7.23. The lowest BCUT2D eigenvalue weighted by Crippen LogP contribution is -2.63. The SMILES string of the molecule is CC1CCCC(C(Cc2ccccc2Br)NN)(N(C)C)C1. The summed E-state index contributed by atoms with van der Waals surface area (Å²) in [5, 5.41) is 0. The molecule has 0 saturated heterocycles. The standard InChI is InChI=1S/C17H28BrN3/c1-13-7-6-10-17(12-13,21(2)3)16(20-19)11-14-8-4-5-9-15(14)18/h4-5,8-9,13,16,20H,6-7,10-12,19H2,1-3H3. The van der Waals surface area contributed by atoms with Crippen LogP contribution in [0.3, 0.4) is 0 Å². The van der Waals surface area contributed by atoms with Crippen molar-refractivity contribution < 1.29 is 0 Å². The van der Waals surface area contributed by atoms with E-state index in [1.165, 1.54) is 35.7 Å². The molecule has 1 saturated carbocycles.